The summed E-state index contributed by atoms with van der Waals surface area (Å²) in [6.07, 6.45) is -2.72. The van der Waals surface area contributed by atoms with E-state index in [1.807, 2.05) is 0 Å². The topological polar surface area (TPSA) is 141 Å². The van der Waals surface area contributed by atoms with Crippen LogP contribution in [-0.2, 0) is 31.5 Å². The molecule has 0 aliphatic rings. The molecule has 0 fully saturated rings. The van der Waals surface area contributed by atoms with E-state index in [2.05, 4.69) is 0 Å². The summed E-state index contributed by atoms with van der Waals surface area (Å²) in [6.45, 7) is 0. The maximum Gasteiger partial charge on any atom is 3.00 e. The molecule has 0 unspecified atom stereocenters. The second-order valence-corrected chi connectivity index (χ2v) is 2.42. The number of hydrogen-bond acceptors (Lipinski definition) is 7. The molecular weight excluding hydrogens is 267 g/mol. The largest absolute Gasteiger partial charge is 3.00 e. The molecule has 0 radical (unpaired) electrons. The third-order valence-electron chi connectivity index (χ3n) is 1.25. The number of hydrogen-bond donors (Lipinski definition) is 1. The Balaban J connectivity index is -0.000000720. The predicted octanol–water partition coefficient (Wildman–Crippen LogP) is -5.64. The van der Waals surface area contributed by atoms with E-state index in [1.165, 1.54) is 0 Å². The minimum Gasteiger partial charge on any atom is -0.550 e. The van der Waals surface area contributed by atoms with Crippen molar-refractivity contribution in [2.75, 3.05) is 0 Å². The predicted molar refractivity (Wildman–Crippen MR) is 35.0 cm³/mol. The Kier molecular flexibility index (Phi) is 10.2. The molecule has 0 saturated carbocycles. The molecule has 0 bridgehead atoms. The van der Waals surface area contributed by atoms with Crippen LogP contribution in [0.2, 0.25) is 0 Å². The first-order valence-corrected chi connectivity index (χ1v) is 3.11. The first-order valence-electron chi connectivity index (χ1n) is 3.11. The van der Waals surface area contributed by atoms with E-state index in [1.54, 1.807) is 0 Å². The molecular formula is C6H5AlFeO7+2. The van der Waals surface area contributed by atoms with Crippen LogP contribution in [0.1, 0.15) is 12.8 Å². The van der Waals surface area contributed by atoms with E-state index in [0.29, 0.717) is 0 Å². The van der Waals surface area contributed by atoms with Crippen LogP contribution in [0.25, 0.3) is 0 Å². The zero-order valence-corrected chi connectivity index (χ0v) is 9.50. The molecule has 0 aromatic carbocycles. The van der Waals surface area contributed by atoms with Crippen LogP contribution in [0.4, 0.5) is 0 Å². The van der Waals surface area contributed by atoms with E-state index in [9.17, 15) is 29.7 Å². The van der Waals surface area contributed by atoms with Crippen LogP contribution >= 0.6 is 0 Å². The van der Waals surface area contributed by atoms with Gasteiger partial charge in [0.05, 0.1) is 5.97 Å². The van der Waals surface area contributed by atoms with Crippen molar-refractivity contribution in [1.82, 2.24) is 0 Å². The molecule has 0 rings (SSSR count). The number of aliphatic carboxylic acids is 3. The maximum absolute atomic E-state index is 10.1. The zero-order valence-electron chi connectivity index (χ0n) is 7.24. The number of carboxylic acid groups (broad SMARTS) is 3. The van der Waals surface area contributed by atoms with Crippen LogP contribution < -0.4 is 15.3 Å². The smallest absolute Gasteiger partial charge is 0.550 e. The summed E-state index contributed by atoms with van der Waals surface area (Å²) in [5.41, 5.74) is -2.97. The Morgan fingerprint density at radius 2 is 1.27 bits per heavy atom. The quantitative estimate of drug-likeness (QED) is 0.491. The fourth-order valence-corrected chi connectivity index (χ4v) is 0.684. The van der Waals surface area contributed by atoms with Gasteiger partial charge in [0.25, 0.3) is 0 Å². The van der Waals surface area contributed by atoms with Crippen molar-refractivity contribution in [3.63, 3.8) is 0 Å². The van der Waals surface area contributed by atoms with Crippen molar-refractivity contribution >= 4 is 35.3 Å². The van der Waals surface area contributed by atoms with Crippen molar-refractivity contribution in [3.8, 4) is 0 Å². The Morgan fingerprint density at radius 1 is 1.00 bits per heavy atom. The van der Waals surface area contributed by atoms with Crippen molar-refractivity contribution < 1.29 is 51.9 Å². The van der Waals surface area contributed by atoms with Gasteiger partial charge in [-0.3, -0.25) is 0 Å². The molecule has 0 aromatic rings. The minimum atomic E-state index is -2.97. The second-order valence-electron chi connectivity index (χ2n) is 2.42. The van der Waals surface area contributed by atoms with E-state index in [-0.39, 0.29) is 34.4 Å². The van der Waals surface area contributed by atoms with Gasteiger partial charge >= 0.3 is 34.4 Å². The Hall–Kier alpha value is -0.578. The molecule has 0 spiro atoms. The van der Waals surface area contributed by atoms with E-state index in [4.69, 9.17) is 5.11 Å². The van der Waals surface area contributed by atoms with Gasteiger partial charge in [-0.2, -0.15) is 0 Å². The van der Waals surface area contributed by atoms with E-state index in [0.717, 1.165) is 0 Å². The first kappa shape index (κ1) is 19.9. The normalized spacial score (nSPS) is 9.40. The van der Waals surface area contributed by atoms with Gasteiger partial charge in [0.2, 0.25) is 0 Å². The summed E-state index contributed by atoms with van der Waals surface area (Å²) in [5, 5.41) is 38.9. The van der Waals surface area contributed by atoms with Crippen molar-refractivity contribution in [2.45, 2.75) is 18.4 Å². The molecule has 0 heterocycles. The number of aliphatic hydroxyl groups is 1. The van der Waals surface area contributed by atoms with Gasteiger partial charge in [0, 0.05) is 24.8 Å². The summed E-state index contributed by atoms with van der Waals surface area (Å²) < 4.78 is 0. The average Bonchev–Trinajstić information content (AvgIpc) is 1.82. The molecule has 15 heavy (non-hydrogen) atoms. The standard InChI is InChI=1S/C6H8O7.Al.Fe/c7-3(8)1-6(13,5(11)12)2-4(9)10;;/h13H,1-2H2,(H,7,8)(H,9,10)(H,11,12);;/q;+3;+2/p-3. The molecule has 80 valence electrons. The molecule has 9 heteroatoms. The van der Waals surface area contributed by atoms with Crippen molar-refractivity contribution in [3.05, 3.63) is 0 Å². The SMILES string of the molecule is O=C([O-])CC(O)(CC(=O)[O-])C(=O)[O-].[Al+3].[Fe+2]. The average molecular weight is 272 g/mol. The number of rotatable bonds is 5. The fourth-order valence-electron chi connectivity index (χ4n) is 0.684. The fraction of sp³-hybridized carbons (Fsp3) is 0.500. The summed E-state index contributed by atoms with van der Waals surface area (Å²) in [6, 6.07) is 0. The first-order chi connectivity index (χ1) is 5.78. The van der Waals surface area contributed by atoms with E-state index >= 15 is 0 Å². The van der Waals surface area contributed by atoms with Crippen LogP contribution in [-0.4, -0.2) is 46.0 Å². The molecule has 7 nitrogen and oxygen atoms in total. The van der Waals surface area contributed by atoms with Crippen molar-refractivity contribution in [1.29, 1.82) is 0 Å². The summed E-state index contributed by atoms with van der Waals surface area (Å²) in [4.78, 5) is 30.0. The Bertz CT molecular complexity index is 238. The Morgan fingerprint density at radius 3 is 1.40 bits per heavy atom. The second kappa shape index (κ2) is 7.68. The maximum atomic E-state index is 10.1. The third-order valence-corrected chi connectivity index (χ3v) is 1.25. The van der Waals surface area contributed by atoms with Gasteiger partial charge in [-0.25, -0.2) is 0 Å². The summed E-state index contributed by atoms with van der Waals surface area (Å²) >= 11 is 0. The molecule has 1 N–H and O–H groups in total. The van der Waals surface area contributed by atoms with Gasteiger partial charge < -0.3 is 34.8 Å². The van der Waals surface area contributed by atoms with Gasteiger partial charge in [-0.15, -0.1) is 0 Å². The molecule has 0 aliphatic carbocycles. The van der Waals surface area contributed by atoms with Crippen LogP contribution in [0.5, 0.6) is 0 Å². The summed E-state index contributed by atoms with van der Waals surface area (Å²) in [5.74, 6) is -5.98. The molecule has 0 saturated heterocycles. The van der Waals surface area contributed by atoms with Crippen molar-refractivity contribution in [2.24, 2.45) is 0 Å². The van der Waals surface area contributed by atoms with Gasteiger partial charge in [-0.1, -0.05) is 0 Å². The molecule has 0 aromatic heterocycles. The van der Waals surface area contributed by atoms with Gasteiger partial charge in [0.15, 0.2) is 0 Å². The molecule has 0 amide bonds. The van der Waals surface area contributed by atoms with Crippen LogP contribution in [0, 0.1) is 0 Å². The third kappa shape index (κ3) is 7.36. The Labute approximate surface area is 106 Å². The zero-order chi connectivity index (χ0) is 10.6. The van der Waals surface area contributed by atoms with Gasteiger partial charge in [0.1, 0.15) is 5.60 Å². The summed E-state index contributed by atoms with van der Waals surface area (Å²) in [7, 11) is 0. The van der Waals surface area contributed by atoms with Gasteiger partial charge in [-0.05, 0) is 0 Å². The van der Waals surface area contributed by atoms with Crippen LogP contribution in [0.15, 0.2) is 0 Å². The molecule has 0 atom stereocenters. The monoisotopic (exact) mass is 272 g/mol. The van der Waals surface area contributed by atoms with Crippen LogP contribution in [0.3, 0.4) is 0 Å². The molecule has 0 aliphatic heterocycles. The number of carbonyl (C=O) groups is 3. The number of carboxylic acids is 3. The minimum absolute atomic E-state index is 0. The number of carbonyl (C=O) groups excluding carboxylic acids is 3. The van der Waals surface area contributed by atoms with E-state index < -0.39 is 36.4 Å².